The molecule has 1 rings (SSSR count). The van der Waals surface area contributed by atoms with Gasteiger partial charge in [0.25, 0.3) is 0 Å². The van der Waals surface area contributed by atoms with Crippen molar-refractivity contribution in [2.24, 2.45) is 0 Å². The van der Waals surface area contributed by atoms with E-state index >= 15 is 0 Å². The van der Waals surface area contributed by atoms with E-state index in [4.69, 9.17) is 9.15 Å². The molecule has 0 saturated carbocycles. The maximum atomic E-state index is 11.3. The Balaban J connectivity index is 2.82. The molecule has 1 aromatic rings. The first-order valence-corrected chi connectivity index (χ1v) is 4.15. The number of aryl methyl sites for hydroxylation is 2. The molecule has 1 aromatic heterocycles. The van der Waals surface area contributed by atoms with Crippen LogP contribution in [0.1, 0.15) is 36.0 Å². The molecule has 0 spiro atoms. The van der Waals surface area contributed by atoms with Crippen LogP contribution in [0, 0.1) is 13.8 Å². The molecule has 0 saturated heterocycles. The normalized spacial score (nSPS) is 10.5. The molecule has 0 aliphatic heterocycles. The lowest BCUT2D eigenvalue weighted by Gasteiger charge is -2.05. The van der Waals surface area contributed by atoms with Crippen LogP contribution < -0.4 is 0 Å². The van der Waals surface area contributed by atoms with E-state index in [-0.39, 0.29) is 11.9 Å². The van der Waals surface area contributed by atoms with Gasteiger partial charge in [0.2, 0.25) is 5.76 Å². The van der Waals surface area contributed by atoms with Gasteiger partial charge in [-0.2, -0.15) is 0 Å². The summed E-state index contributed by atoms with van der Waals surface area (Å²) in [6.45, 7) is 6.99. The van der Waals surface area contributed by atoms with Crippen LogP contribution in [0.4, 0.5) is 0 Å². The summed E-state index contributed by atoms with van der Waals surface area (Å²) in [5.74, 6) is 0.229. The van der Waals surface area contributed by atoms with E-state index in [0.29, 0.717) is 11.6 Å². The number of oxazole rings is 1. The first-order chi connectivity index (χ1) is 6.00. The number of ether oxygens (including phenoxy) is 1. The Bertz CT molecular complexity index is 315. The molecule has 0 aliphatic carbocycles. The van der Waals surface area contributed by atoms with E-state index in [2.05, 4.69) is 4.98 Å². The molecular weight excluding hydrogens is 170 g/mol. The van der Waals surface area contributed by atoms with Gasteiger partial charge in [-0.25, -0.2) is 9.78 Å². The molecular formula is C9H13NO3. The second kappa shape index (κ2) is 3.60. The Morgan fingerprint density at radius 2 is 2.08 bits per heavy atom. The standard InChI is InChI=1S/C9H13NO3/c1-5(2)12-9(11)8-6(3)10-7(4)13-8/h5H,1-4H3. The zero-order chi connectivity index (χ0) is 10.0. The second-order valence-corrected chi connectivity index (χ2v) is 3.10. The highest BCUT2D eigenvalue weighted by Gasteiger charge is 2.18. The third kappa shape index (κ3) is 2.31. The monoisotopic (exact) mass is 183 g/mol. The summed E-state index contributed by atoms with van der Waals surface area (Å²) in [5, 5.41) is 0. The van der Waals surface area contributed by atoms with Gasteiger partial charge in [0, 0.05) is 6.92 Å². The molecule has 0 aromatic carbocycles. The molecule has 0 N–H and O–H groups in total. The zero-order valence-electron chi connectivity index (χ0n) is 8.25. The van der Waals surface area contributed by atoms with Crippen LogP contribution in [0.3, 0.4) is 0 Å². The summed E-state index contributed by atoms with van der Waals surface area (Å²) in [4.78, 5) is 15.3. The Hall–Kier alpha value is -1.32. The molecule has 4 nitrogen and oxygen atoms in total. The topological polar surface area (TPSA) is 52.3 Å². The molecule has 0 atom stereocenters. The Kier molecular flexibility index (Phi) is 2.70. The highest BCUT2D eigenvalue weighted by atomic mass is 16.6. The number of hydrogen-bond acceptors (Lipinski definition) is 4. The van der Waals surface area contributed by atoms with Gasteiger partial charge in [-0.15, -0.1) is 0 Å². The summed E-state index contributed by atoms with van der Waals surface area (Å²) >= 11 is 0. The number of aromatic nitrogens is 1. The average Bonchev–Trinajstić information content (AvgIpc) is 2.28. The van der Waals surface area contributed by atoms with Crippen LogP contribution in [0.5, 0.6) is 0 Å². The first kappa shape index (κ1) is 9.77. The Labute approximate surface area is 76.9 Å². The summed E-state index contributed by atoms with van der Waals surface area (Å²) in [6, 6.07) is 0. The Morgan fingerprint density at radius 3 is 2.46 bits per heavy atom. The third-order valence-electron chi connectivity index (χ3n) is 1.43. The molecule has 0 bridgehead atoms. The SMILES string of the molecule is Cc1nc(C)c(C(=O)OC(C)C)o1. The van der Waals surface area contributed by atoms with Crippen molar-refractivity contribution in [3.05, 3.63) is 17.3 Å². The van der Waals surface area contributed by atoms with E-state index in [1.807, 2.05) is 0 Å². The number of carbonyl (C=O) groups is 1. The van der Waals surface area contributed by atoms with Crippen molar-refractivity contribution < 1.29 is 13.9 Å². The predicted octanol–water partition coefficient (Wildman–Crippen LogP) is 1.86. The van der Waals surface area contributed by atoms with E-state index in [0.717, 1.165) is 0 Å². The lowest BCUT2D eigenvalue weighted by molar-refractivity contribution is 0.0339. The van der Waals surface area contributed by atoms with Gasteiger partial charge in [0.1, 0.15) is 0 Å². The fraction of sp³-hybridized carbons (Fsp3) is 0.556. The molecule has 13 heavy (non-hydrogen) atoms. The quantitative estimate of drug-likeness (QED) is 0.656. The number of esters is 1. The average molecular weight is 183 g/mol. The summed E-state index contributed by atoms with van der Waals surface area (Å²) in [5.41, 5.74) is 0.572. The molecule has 0 unspecified atom stereocenters. The van der Waals surface area contributed by atoms with Crippen LogP contribution in [-0.4, -0.2) is 17.1 Å². The summed E-state index contributed by atoms with van der Waals surface area (Å²) < 4.78 is 10.0. The largest absolute Gasteiger partial charge is 0.457 e. The second-order valence-electron chi connectivity index (χ2n) is 3.10. The number of rotatable bonds is 2. The van der Waals surface area contributed by atoms with Gasteiger partial charge in [0.05, 0.1) is 11.8 Å². The van der Waals surface area contributed by atoms with Crippen molar-refractivity contribution in [2.75, 3.05) is 0 Å². The van der Waals surface area contributed by atoms with Crippen molar-refractivity contribution in [2.45, 2.75) is 33.8 Å². The highest BCUT2D eigenvalue weighted by Crippen LogP contribution is 2.11. The van der Waals surface area contributed by atoms with Gasteiger partial charge < -0.3 is 9.15 Å². The lowest BCUT2D eigenvalue weighted by atomic mass is 10.4. The van der Waals surface area contributed by atoms with Gasteiger partial charge in [-0.05, 0) is 20.8 Å². The van der Waals surface area contributed by atoms with Crippen molar-refractivity contribution >= 4 is 5.97 Å². The minimum absolute atomic E-state index is 0.141. The lowest BCUT2D eigenvalue weighted by Crippen LogP contribution is -2.11. The number of hydrogen-bond donors (Lipinski definition) is 0. The maximum absolute atomic E-state index is 11.3. The highest BCUT2D eigenvalue weighted by molar-refractivity contribution is 5.87. The third-order valence-corrected chi connectivity index (χ3v) is 1.43. The molecule has 72 valence electrons. The molecule has 4 heteroatoms. The van der Waals surface area contributed by atoms with E-state index in [1.165, 1.54) is 0 Å². The minimum atomic E-state index is -0.451. The predicted molar refractivity (Wildman–Crippen MR) is 46.5 cm³/mol. The van der Waals surface area contributed by atoms with Crippen LogP contribution in [0.25, 0.3) is 0 Å². The van der Waals surface area contributed by atoms with E-state index in [1.54, 1.807) is 27.7 Å². The van der Waals surface area contributed by atoms with E-state index < -0.39 is 5.97 Å². The van der Waals surface area contributed by atoms with Crippen molar-refractivity contribution in [3.8, 4) is 0 Å². The fourth-order valence-corrected chi connectivity index (χ4v) is 0.988. The van der Waals surface area contributed by atoms with Gasteiger partial charge in [-0.1, -0.05) is 0 Å². The number of carbonyl (C=O) groups excluding carboxylic acids is 1. The van der Waals surface area contributed by atoms with Gasteiger partial charge in [0.15, 0.2) is 5.89 Å². The zero-order valence-corrected chi connectivity index (χ0v) is 8.25. The minimum Gasteiger partial charge on any atom is -0.457 e. The molecule has 1 heterocycles. The van der Waals surface area contributed by atoms with Crippen molar-refractivity contribution in [3.63, 3.8) is 0 Å². The van der Waals surface area contributed by atoms with Crippen LogP contribution in [-0.2, 0) is 4.74 Å². The molecule has 0 aliphatic rings. The first-order valence-electron chi connectivity index (χ1n) is 4.15. The van der Waals surface area contributed by atoms with Gasteiger partial charge >= 0.3 is 5.97 Å². The van der Waals surface area contributed by atoms with Crippen molar-refractivity contribution in [1.29, 1.82) is 0 Å². The molecule has 0 fully saturated rings. The van der Waals surface area contributed by atoms with Crippen LogP contribution in [0.2, 0.25) is 0 Å². The summed E-state index contributed by atoms with van der Waals surface area (Å²) in [7, 11) is 0. The van der Waals surface area contributed by atoms with Crippen LogP contribution >= 0.6 is 0 Å². The molecule has 0 amide bonds. The smallest absolute Gasteiger partial charge is 0.376 e. The van der Waals surface area contributed by atoms with Crippen molar-refractivity contribution in [1.82, 2.24) is 4.98 Å². The summed E-state index contributed by atoms with van der Waals surface area (Å²) in [6.07, 6.45) is -0.141. The number of nitrogens with zero attached hydrogens (tertiary/aromatic N) is 1. The fourth-order valence-electron chi connectivity index (χ4n) is 0.988. The Morgan fingerprint density at radius 1 is 1.46 bits per heavy atom. The van der Waals surface area contributed by atoms with Crippen LogP contribution in [0.15, 0.2) is 4.42 Å². The molecule has 0 radical (unpaired) electrons. The van der Waals surface area contributed by atoms with E-state index in [9.17, 15) is 4.79 Å². The van der Waals surface area contributed by atoms with Gasteiger partial charge in [-0.3, -0.25) is 0 Å². The maximum Gasteiger partial charge on any atom is 0.376 e.